The lowest BCUT2D eigenvalue weighted by molar-refractivity contribution is 0.258. The van der Waals surface area contributed by atoms with Crippen molar-refractivity contribution in [2.45, 2.75) is 26.3 Å². The van der Waals surface area contributed by atoms with Gasteiger partial charge >= 0.3 is 0 Å². The number of piperazine rings is 1. The molecule has 0 spiro atoms. The van der Waals surface area contributed by atoms with Crippen LogP contribution in [0.4, 0.5) is 5.69 Å². The molecule has 0 saturated carbocycles. The zero-order chi connectivity index (χ0) is 14.5. The Morgan fingerprint density at radius 3 is 2.55 bits per heavy atom. The molecule has 0 amide bonds. The molecule has 1 aromatic rings. The van der Waals surface area contributed by atoms with Gasteiger partial charge in [0.25, 0.3) is 0 Å². The number of hydrogen-bond acceptors (Lipinski definition) is 3. The zero-order valence-corrected chi connectivity index (χ0v) is 14.4. The molecule has 20 heavy (non-hydrogen) atoms. The smallest absolute Gasteiger partial charge is 0.0426 e. The van der Waals surface area contributed by atoms with Crippen LogP contribution in [0.15, 0.2) is 22.7 Å². The number of halogens is 1. The third-order valence-electron chi connectivity index (χ3n) is 4.14. The molecule has 4 heteroatoms. The molecule has 3 nitrogen and oxygen atoms in total. The normalized spacial score (nSPS) is 18.3. The van der Waals surface area contributed by atoms with Crippen molar-refractivity contribution >= 4 is 21.6 Å². The molecule has 1 saturated heterocycles. The number of benzene rings is 1. The van der Waals surface area contributed by atoms with Gasteiger partial charge in [-0.15, -0.1) is 0 Å². The van der Waals surface area contributed by atoms with E-state index in [9.17, 15) is 0 Å². The van der Waals surface area contributed by atoms with E-state index in [0.717, 1.165) is 17.6 Å². The summed E-state index contributed by atoms with van der Waals surface area (Å²) in [5.74, 6) is 0. The van der Waals surface area contributed by atoms with E-state index in [-0.39, 0.29) is 0 Å². The summed E-state index contributed by atoms with van der Waals surface area (Å²) in [5.41, 5.74) is 2.76. The Hall–Kier alpha value is -0.580. The first-order valence-electron chi connectivity index (χ1n) is 7.59. The van der Waals surface area contributed by atoms with Crippen LogP contribution in [0.5, 0.6) is 0 Å². The Morgan fingerprint density at radius 1 is 1.25 bits per heavy atom. The lowest BCUT2D eigenvalue weighted by Crippen LogP contribution is -2.47. The molecule has 1 aliphatic rings. The van der Waals surface area contributed by atoms with Gasteiger partial charge in [0.15, 0.2) is 0 Å². The second-order valence-corrected chi connectivity index (χ2v) is 6.46. The van der Waals surface area contributed by atoms with Crippen molar-refractivity contribution in [3.05, 3.63) is 28.2 Å². The van der Waals surface area contributed by atoms with Gasteiger partial charge in [-0.1, -0.05) is 28.9 Å². The molecule has 1 unspecified atom stereocenters. The Bertz CT molecular complexity index is 428. The first-order valence-corrected chi connectivity index (χ1v) is 8.39. The van der Waals surface area contributed by atoms with Gasteiger partial charge in [0.2, 0.25) is 0 Å². The van der Waals surface area contributed by atoms with Crippen LogP contribution in [0, 0.1) is 0 Å². The molecule has 0 aromatic heterocycles. The molecule has 1 fully saturated rings. The molecule has 1 heterocycles. The summed E-state index contributed by atoms with van der Waals surface area (Å²) in [7, 11) is 2.02. The molecule has 1 aromatic carbocycles. The van der Waals surface area contributed by atoms with Crippen molar-refractivity contribution in [2.24, 2.45) is 0 Å². The average Bonchev–Trinajstić information content (AvgIpc) is 2.47. The van der Waals surface area contributed by atoms with E-state index in [2.05, 4.69) is 63.1 Å². The highest BCUT2D eigenvalue weighted by Gasteiger charge is 2.20. The van der Waals surface area contributed by atoms with Crippen molar-refractivity contribution in [1.29, 1.82) is 0 Å². The van der Waals surface area contributed by atoms with Gasteiger partial charge in [-0.25, -0.2) is 0 Å². The fourth-order valence-electron chi connectivity index (χ4n) is 2.84. The quantitative estimate of drug-likeness (QED) is 0.888. The van der Waals surface area contributed by atoms with Crippen LogP contribution in [0.25, 0.3) is 0 Å². The highest BCUT2D eigenvalue weighted by Crippen LogP contribution is 2.30. The second kappa shape index (κ2) is 7.43. The fraction of sp³-hybridized carbons (Fsp3) is 0.625. The topological polar surface area (TPSA) is 18.5 Å². The van der Waals surface area contributed by atoms with Gasteiger partial charge in [-0.2, -0.15) is 0 Å². The van der Waals surface area contributed by atoms with Crippen molar-refractivity contribution in [1.82, 2.24) is 10.2 Å². The minimum absolute atomic E-state index is 0.381. The Balaban J connectivity index is 2.14. The Labute approximate surface area is 131 Å². The summed E-state index contributed by atoms with van der Waals surface area (Å²) in [6, 6.07) is 7.02. The molecule has 0 aliphatic carbocycles. The van der Waals surface area contributed by atoms with E-state index in [1.807, 2.05) is 7.05 Å². The van der Waals surface area contributed by atoms with Crippen LogP contribution in [-0.4, -0.2) is 44.7 Å². The average molecular weight is 340 g/mol. The first-order chi connectivity index (χ1) is 9.65. The van der Waals surface area contributed by atoms with Crippen molar-refractivity contribution in [2.75, 3.05) is 44.7 Å². The molecule has 0 radical (unpaired) electrons. The van der Waals surface area contributed by atoms with E-state index in [1.54, 1.807) is 0 Å². The molecule has 1 N–H and O–H groups in total. The Kier molecular flexibility index (Phi) is 5.87. The highest BCUT2D eigenvalue weighted by atomic mass is 79.9. The van der Waals surface area contributed by atoms with Crippen LogP contribution in [0.2, 0.25) is 0 Å². The molecule has 0 bridgehead atoms. The third-order valence-corrected chi connectivity index (χ3v) is 4.64. The van der Waals surface area contributed by atoms with E-state index in [1.165, 1.54) is 37.3 Å². The molecule has 2 rings (SSSR count). The number of rotatable bonds is 5. The summed E-state index contributed by atoms with van der Waals surface area (Å²) in [6.07, 6.45) is 1.25. The summed E-state index contributed by atoms with van der Waals surface area (Å²) >= 11 is 3.61. The van der Waals surface area contributed by atoms with E-state index < -0.39 is 0 Å². The largest absolute Gasteiger partial charge is 0.369 e. The SMILES string of the molecule is CCCN1CCN(c2cc(Br)ccc2C(C)NC)CC1. The minimum atomic E-state index is 0.381. The minimum Gasteiger partial charge on any atom is -0.369 e. The predicted octanol–water partition coefficient (Wildman–Crippen LogP) is 3.26. The van der Waals surface area contributed by atoms with Crippen LogP contribution < -0.4 is 10.2 Å². The number of nitrogens with zero attached hydrogens (tertiary/aromatic N) is 2. The number of hydrogen-bond donors (Lipinski definition) is 1. The van der Waals surface area contributed by atoms with Gasteiger partial charge in [-0.3, -0.25) is 4.90 Å². The van der Waals surface area contributed by atoms with E-state index in [0.29, 0.717) is 6.04 Å². The zero-order valence-electron chi connectivity index (χ0n) is 12.8. The maximum atomic E-state index is 3.61. The molecule has 112 valence electrons. The van der Waals surface area contributed by atoms with Crippen LogP contribution in [-0.2, 0) is 0 Å². The summed E-state index contributed by atoms with van der Waals surface area (Å²) in [6.45, 7) is 10.3. The highest BCUT2D eigenvalue weighted by molar-refractivity contribution is 9.10. The first kappa shape index (κ1) is 15.8. The molecular formula is C16H26BrN3. The molecule has 1 aliphatic heterocycles. The van der Waals surface area contributed by atoms with Crippen LogP contribution in [0.1, 0.15) is 31.9 Å². The number of anilines is 1. The summed E-state index contributed by atoms with van der Waals surface area (Å²) in [5, 5.41) is 3.36. The molecule has 1 atom stereocenters. The van der Waals surface area contributed by atoms with Crippen LogP contribution in [0.3, 0.4) is 0 Å². The number of nitrogens with one attached hydrogen (secondary N) is 1. The van der Waals surface area contributed by atoms with Crippen molar-refractivity contribution in [3.63, 3.8) is 0 Å². The monoisotopic (exact) mass is 339 g/mol. The van der Waals surface area contributed by atoms with Gasteiger partial charge in [0, 0.05) is 42.4 Å². The predicted molar refractivity (Wildman–Crippen MR) is 90.6 cm³/mol. The standard InChI is InChI=1S/C16H26BrN3/c1-4-7-19-8-10-20(11-9-19)16-12-14(17)5-6-15(16)13(2)18-3/h5-6,12-13,18H,4,7-11H2,1-3H3. The summed E-state index contributed by atoms with van der Waals surface area (Å²) < 4.78 is 1.16. The van der Waals surface area contributed by atoms with E-state index >= 15 is 0 Å². The second-order valence-electron chi connectivity index (χ2n) is 5.54. The van der Waals surface area contributed by atoms with Gasteiger partial charge in [-0.05, 0) is 44.6 Å². The van der Waals surface area contributed by atoms with Crippen molar-refractivity contribution < 1.29 is 0 Å². The lowest BCUT2D eigenvalue weighted by atomic mass is 10.0. The van der Waals surface area contributed by atoms with E-state index in [4.69, 9.17) is 0 Å². The maximum Gasteiger partial charge on any atom is 0.0426 e. The van der Waals surface area contributed by atoms with Gasteiger partial charge in [0.05, 0.1) is 0 Å². The Morgan fingerprint density at radius 2 is 1.95 bits per heavy atom. The lowest BCUT2D eigenvalue weighted by Gasteiger charge is -2.37. The van der Waals surface area contributed by atoms with Gasteiger partial charge in [0.1, 0.15) is 0 Å². The maximum absolute atomic E-state index is 3.61. The molecular weight excluding hydrogens is 314 g/mol. The third kappa shape index (κ3) is 3.74. The summed E-state index contributed by atoms with van der Waals surface area (Å²) in [4.78, 5) is 5.09. The van der Waals surface area contributed by atoms with Gasteiger partial charge < -0.3 is 10.2 Å². The van der Waals surface area contributed by atoms with Crippen molar-refractivity contribution in [3.8, 4) is 0 Å². The fourth-order valence-corrected chi connectivity index (χ4v) is 3.19. The van der Waals surface area contributed by atoms with Crippen LogP contribution >= 0.6 is 15.9 Å².